The van der Waals surface area contributed by atoms with Gasteiger partial charge in [-0.25, -0.2) is 4.98 Å². The third-order valence-electron chi connectivity index (χ3n) is 3.69. The first kappa shape index (κ1) is 13.8. The molecule has 0 atom stereocenters. The number of nitrogens with zero attached hydrogens (tertiary/aromatic N) is 3. The number of anilines is 1. The molecule has 0 radical (unpaired) electrons. The van der Waals surface area contributed by atoms with Gasteiger partial charge in [-0.05, 0) is 50.9 Å². The molecule has 1 saturated heterocycles. The molecule has 2 rings (SSSR count). The van der Waals surface area contributed by atoms with E-state index in [1.807, 2.05) is 19.1 Å². The lowest BCUT2D eigenvalue weighted by Gasteiger charge is -2.33. The fourth-order valence-corrected chi connectivity index (χ4v) is 2.59. The highest BCUT2D eigenvalue weighted by molar-refractivity contribution is 5.46. The molecule has 4 heteroatoms. The number of hydrogen-bond acceptors (Lipinski definition) is 4. The van der Waals surface area contributed by atoms with Crippen LogP contribution >= 0.6 is 0 Å². The maximum atomic E-state index is 9.02. The predicted molar refractivity (Wildman–Crippen MR) is 77.2 cm³/mol. The highest BCUT2D eigenvalue weighted by Gasteiger charge is 2.20. The van der Waals surface area contributed by atoms with E-state index in [0.717, 1.165) is 43.6 Å². The summed E-state index contributed by atoms with van der Waals surface area (Å²) in [5.41, 5.74) is 1.63. The van der Waals surface area contributed by atoms with Crippen LogP contribution in [0.1, 0.15) is 31.0 Å². The summed E-state index contributed by atoms with van der Waals surface area (Å²) in [5, 5.41) is 12.4. The summed E-state index contributed by atoms with van der Waals surface area (Å²) >= 11 is 0. The smallest absolute Gasteiger partial charge is 0.130 e. The molecule has 0 aliphatic carbocycles. The Morgan fingerprint density at radius 1 is 1.42 bits per heavy atom. The van der Waals surface area contributed by atoms with Crippen molar-refractivity contribution in [1.29, 1.82) is 5.26 Å². The van der Waals surface area contributed by atoms with Crippen LogP contribution in [0.5, 0.6) is 0 Å². The number of aromatic nitrogens is 1. The van der Waals surface area contributed by atoms with E-state index < -0.39 is 0 Å². The van der Waals surface area contributed by atoms with Crippen molar-refractivity contribution < 1.29 is 0 Å². The van der Waals surface area contributed by atoms with Gasteiger partial charge in [0.2, 0.25) is 0 Å². The van der Waals surface area contributed by atoms with Gasteiger partial charge in [0, 0.05) is 18.8 Å². The van der Waals surface area contributed by atoms with Gasteiger partial charge in [0.05, 0.1) is 11.6 Å². The summed E-state index contributed by atoms with van der Waals surface area (Å²) in [6, 6.07) is 5.94. The first-order valence-electron chi connectivity index (χ1n) is 7.07. The molecule has 0 unspecified atom stereocenters. The van der Waals surface area contributed by atoms with Gasteiger partial charge < -0.3 is 10.2 Å². The van der Waals surface area contributed by atoms with E-state index in [-0.39, 0.29) is 0 Å². The Morgan fingerprint density at radius 2 is 2.16 bits per heavy atom. The van der Waals surface area contributed by atoms with E-state index >= 15 is 0 Å². The second-order valence-corrected chi connectivity index (χ2v) is 5.21. The average molecular weight is 258 g/mol. The van der Waals surface area contributed by atoms with Crippen molar-refractivity contribution in [2.45, 2.75) is 26.7 Å². The fourth-order valence-electron chi connectivity index (χ4n) is 2.59. The van der Waals surface area contributed by atoms with Crippen molar-refractivity contribution >= 4 is 5.82 Å². The van der Waals surface area contributed by atoms with Crippen LogP contribution in [0.2, 0.25) is 0 Å². The normalized spacial score (nSPS) is 16.4. The van der Waals surface area contributed by atoms with Crippen LogP contribution in [-0.2, 0) is 0 Å². The zero-order valence-electron chi connectivity index (χ0n) is 11.8. The van der Waals surface area contributed by atoms with E-state index in [2.05, 4.69) is 28.2 Å². The van der Waals surface area contributed by atoms with Gasteiger partial charge in [0.1, 0.15) is 5.82 Å². The molecular weight excluding hydrogens is 236 g/mol. The number of piperidine rings is 1. The summed E-state index contributed by atoms with van der Waals surface area (Å²) in [6.07, 6.45) is 2.40. The minimum absolute atomic E-state index is 0.706. The Hall–Kier alpha value is -1.60. The SMILES string of the molecule is CCNCC1CCN(c2cc(C#N)cc(C)n2)CC1. The summed E-state index contributed by atoms with van der Waals surface area (Å²) < 4.78 is 0. The van der Waals surface area contributed by atoms with E-state index in [0.29, 0.717) is 5.56 Å². The molecule has 19 heavy (non-hydrogen) atoms. The lowest BCUT2D eigenvalue weighted by Crippen LogP contribution is -2.37. The van der Waals surface area contributed by atoms with Crippen LogP contribution in [0.15, 0.2) is 12.1 Å². The molecule has 0 saturated carbocycles. The van der Waals surface area contributed by atoms with Crippen molar-refractivity contribution in [2.24, 2.45) is 5.92 Å². The standard InChI is InChI=1S/C15H22N4/c1-3-17-11-13-4-6-19(7-5-13)15-9-14(10-16)8-12(2)18-15/h8-9,13,17H,3-7,11H2,1-2H3. The Balaban J connectivity index is 1.98. The molecule has 1 aliphatic rings. The fraction of sp³-hybridized carbons (Fsp3) is 0.600. The minimum atomic E-state index is 0.706. The topological polar surface area (TPSA) is 52.0 Å². The Bertz CT molecular complexity index is 456. The Labute approximate surface area is 115 Å². The van der Waals surface area contributed by atoms with E-state index in [4.69, 9.17) is 5.26 Å². The van der Waals surface area contributed by atoms with E-state index in [9.17, 15) is 0 Å². The number of nitriles is 1. The molecule has 102 valence electrons. The number of hydrogen-bond donors (Lipinski definition) is 1. The third-order valence-corrected chi connectivity index (χ3v) is 3.69. The van der Waals surface area contributed by atoms with Crippen molar-refractivity contribution in [3.05, 3.63) is 23.4 Å². The lowest BCUT2D eigenvalue weighted by atomic mass is 9.96. The molecule has 1 aromatic rings. The third kappa shape index (κ3) is 3.68. The van der Waals surface area contributed by atoms with Gasteiger partial charge in [0.25, 0.3) is 0 Å². The second kappa shape index (κ2) is 6.53. The first-order chi connectivity index (χ1) is 9.22. The summed E-state index contributed by atoms with van der Waals surface area (Å²) in [6.45, 7) is 8.34. The van der Waals surface area contributed by atoms with Gasteiger partial charge in [-0.2, -0.15) is 5.26 Å². The van der Waals surface area contributed by atoms with Crippen molar-refractivity contribution in [3.63, 3.8) is 0 Å². The zero-order chi connectivity index (χ0) is 13.7. The highest BCUT2D eigenvalue weighted by Crippen LogP contribution is 2.22. The lowest BCUT2D eigenvalue weighted by molar-refractivity contribution is 0.385. The molecule has 1 aliphatic heterocycles. The molecule has 0 spiro atoms. The number of pyridine rings is 1. The van der Waals surface area contributed by atoms with Crippen LogP contribution in [0, 0.1) is 24.2 Å². The molecule has 0 bridgehead atoms. The largest absolute Gasteiger partial charge is 0.357 e. The number of aryl methyl sites for hydroxylation is 1. The molecule has 0 amide bonds. The molecule has 4 nitrogen and oxygen atoms in total. The van der Waals surface area contributed by atoms with Crippen LogP contribution in [0.25, 0.3) is 0 Å². The van der Waals surface area contributed by atoms with Crippen molar-refractivity contribution in [1.82, 2.24) is 10.3 Å². The minimum Gasteiger partial charge on any atom is -0.357 e. The Morgan fingerprint density at radius 3 is 2.79 bits per heavy atom. The van der Waals surface area contributed by atoms with Crippen LogP contribution in [0.4, 0.5) is 5.82 Å². The van der Waals surface area contributed by atoms with Crippen LogP contribution < -0.4 is 10.2 Å². The molecule has 0 aromatic carbocycles. The van der Waals surface area contributed by atoms with Crippen LogP contribution in [0.3, 0.4) is 0 Å². The van der Waals surface area contributed by atoms with Gasteiger partial charge in [0.15, 0.2) is 0 Å². The Kier molecular flexibility index (Phi) is 4.75. The van der Waals surface area contributed by atoms with Crippen molar-refractivity contribution in [2.75, 3.05) is 31.1 Å². The molecule has 1 fully saturated rings. The quantitative estimate of drug-likeness (QED) is 0.898. The maximum absolute atomic E-state index is 9.02. The summed E-state index contributed by atoms with van der Waals surface area (Å²) in [7, 11) is 0. The molecular formula is C15H22N4. The molecule has 1 aromatic heterocycles. The van der Waals surface area contributed by atoms with Crippen molar-refractivity contribution in [3.8, 4) is 6.07 Å². The second-order valence-electron chi connectivity index (χ2n) is 5.21. The number of rotatable bonds is 4. The predicted octanol–water partition coefficient (Wildman–Crippen LogP) is 2.09. The van der Waals surface area contributed by atoms with Gasteiger partial charge in [-0.3, -0.25) is 0 Å². The highest BCUT2D eigenvalue weighted by atomic mass is 15.2. The van der Waals surface area contributed by atoms with E-state index in [1.54, 1.807) is 0 Å². The maximum Gasteiger partial charge on any atom is 0.130 e. The first-order valence-corrected chi connectivity index (χ1v) is 7.07. The molecule has 1 N–H and O–H groups in total. The van der Waals surface area contributed by atoms with Gasteiger partial charge >= 0.3 is 0 Å². The molecule has 2 heterocycles. The summed E-state index contributed by atoms with van der Waals surface area (Å²) in [5.74, 6) is 1.73. The summed E-state index contributed by atoms with van der Waals surface area (Å²) in [4.78, 5) is 6.85. The zero-order valence-corrected chi connectivity index (χ0v) is 11.8. The average Bonchev–Trinajstić information content (AvgIpc) is 2.45. The van der Waals surface area contributed by atoms with Crippen LogP contribution in [-0.4, -0.2) is 31.2 Å². The van der Waals surface area contributed by atoms with E-state index in [1.165, 1.54) is 12.8 Å². The monoisotopic (exact) mass is 258 g/mol. The van der Waals surface area contributed by atoms with Gasteiger partial charge in [-0.15, -0.1) is 0 Å². The van der Waals surface area contributed by atoms with Gasteiger partial charge in [-0.1, -0.05) is 6.92 Å². The number of nitrogens with one attached hydrogen (secondary N) is 1.